The van der Waals surface area contributed by atoms with E-state index < -0.39 is 10.0 Å². The van der Waals surface area contributed by atoms with Gasteiger partial charge in [0.25, 0.3) is 0 Å². The highest BCUT2D eigenvalue weighted by atomic mass is 32.2. The summed E-state index contributed by atoms with van der Waals surface area (Å²) in [6.07, 6.45) is 3.06. The van der Waals surface area contributed by atoms with E-state index in [9.17, 15) is 13.2 Å². The van der Waals surface area contributed by atoms with Gasteiger partial charge in [0.15, 0.2) is 0 Å². The smallest absolute Gasteiger partial charge is 0.243 e. The minimum absolute atomic E-state index is 0.0355. The molecule has 2 aliphatic heterocycles. The molecule has 0 saturated carbocycles. The molecule has 0 bridgehead atoms. The van der Waals surface area contributed by atoms with Crippen LogP contribution in [-0.4, -0.2) is 58.5 Å². The molecule has 0 spiro atoms. The predicted molar refractivity (Wildman–Crippen MR) is 124 cm³/mol. The third-order valence-electron chi connectivity index (χ3n) is 6.41. The molecule has 4 rings (SSSR count). The lowest BCUT2D eigenvalue weighted by atomic mass is 9.97. The minimum Gasteiger partial charge on any atom is -0.497 e. The van der Waals surface area contributed by atoms with Crippen LogP contribution < -0.4 is 15.0 Å². The van der Waals surface area contributed by atoms with Crippen LogP contribution in [0, 0.1) is 5.92 Å². The van der Waals surface area contributed by atoms with Crippen molar-refractivity contribution in [3.05, 3.63) is 54.1 Å². The van der Waals surface area contributed by atoms with Gasteiger partial charge in [0.05, 0.1) is 12.0 Å². The third kappa shape index (κ3) is 4.91. The Balaban J connectivity index is 1.20. The molecule has 2 heterocycles. The molecular formula is C24H31N3O4S. The van der Waals surface area contributed by atoms with E-state index in [1.165, 1.54) is 15.6 Å². The first kappa shape index (κ1) is 22.6. The molecule has 0 aromatic heterocycles. The molecule has 2 aromatic carbocycles. The van der Waals surface area contributed by atoms with Crippen LogP contribution in [0.5, 0.6) is 5.75 Å². The fraction of sp³-hybridized carbons (Fsp3) is 0.458. The average molecular weight is 458 g/mol. The van der Waals surface area contributed by atoms with Gasteiger partial charge in [-0.25, -0.2) is 8.42 Å². The first-order chi connectivity index (χ1) is 15.5. The van der Waals surface area contributed by atoms with E-state index in [-0.39, 0.29) is 16.7 Å². The Morgan fingerprint density at radius 3 is 2.50 bits per heavy atom. The average Bonchev–Trinajstić information content (AvgIpc) is 3.25. The number of rotatable bonds is 8. The quantitative estimate of drug-likeness (QED) is 0.617. The molecule has 1 N–H and O–H groups in total. The number of nitrogens with one attached hydrogen (secondary N) is 1. The van der Waals surface area contributed by atoms with Crippen LogP contribution in [0.4, 0.5) is 5.69 Å². The molecule has 32 heavy (non-hydrogen) atoms. The Kier molecular flexibility index (Phi) is 7.01. The van der Waals surface area contributed by atoms with Crippen LogP contribution in [0.1, 0.15) is 24.8 Å². The highest BCUT2D eigenvalue weighted by Gasteiger charge is 2.32. The maximum absolute atomic E-state index is 12.9. The van der Waals surface area contributed by atoms with E-state index >= 15 is 0 Å². The molecule has 1 fully saturated rings. The van der Waals surface area contributed by atoms with Crippen LogP contribution in [-0.2, 0) is 21.2 Å². The highest BCUT2D eigenvalue weighted by Crippen LogP contribution is 2.27. The van der Waals surface area contributed by atoms with Gasteiger partial charge in [-0.3, -0.25) is 4.79 Å². The first-order valence-corrected chi connectivity index (χ1v) is 12.7. The van der Waals surface area contributed by atoms with Crippen molar-refractivity contribution in [2.45, 2.75) is 30.6 Å². The fourth-order valence-corrected chi connectivity index (χ4v) is 5.99. The standard InChI is InChI=1S/C24H31N3O4S/c1-31-21-7-9-22(10-8-21)32(29,30)27-17-12-20(13-18-27)24(28)25-14-4-15-26-16-11-19-5-2-3-6-23(19)26/h2-3,5-10,20H,4,11-18H2,1H3,(H,25,28). The topological polar surface area (TPSA) is 79.0 Å². The first-order valence-electron chi connectivity index (χ1n) is 11.2. The molecule has 0 aliphatic carbocycles. The van der Waals surface area contributed by atoms with E-state index in [0.717, 1.165) is 25.9 Å². The zero-order valence-corrected chi connectivity index (χ0v) is 19.3. The number of amides is 1. The Morgan fingerprint density at radius 2 is 1.78 bits per heavy atom. The maximum atomic E-state index is 12.9. The Hall–Kier alpha value is -2.58. The van der Waals surface area contributed by atoms with Gasteiger partial charge in [0, 0.05) is 44.3 Å². The number of carbonyl (C=O) groups is 1. The fourth-order valence-electron chi connectivity index (χ4n) is 4.52. The van der Waals surface area contributed by atoms with E-state index in [1.807, 2.05) is 0 Å². The lowest BCUT2D eigenvalue weighted by Crippen LogP contribution is -2.43. The zero-order chi connectivity index (χ0) is 22.6. The van der Waals surface area contributed by atoms with Crippen molar-refractivity contribution < 1.29 is 17.9 Å². The van der Waals surface area contributed by atoms with Crippen molar-refractivity contribution in [3.63, 3.8) is 0 Å². The number of methoxy groups -OCH3 is 1. The van der Waals surface area contributed by atoms with Crippen molar-refractivity contribution in [1.82, 2.24) is 9.62 Å². The van der Waals surface area contributed by atoms with Crippen molar-refractivity contribution in [2.75, 3.05) is 44.7 Å². The number of piperidine rings is 1. The highest BCUT2D eigenvalue weighted by molar-refractivity contribution is 7.89. The number of para-hydroxylation sites is 1. The SMILES string of the molecule is COc1ccc(S(=O)(=O)N2CCC(C(=O)NCCCN3CCc4ccccc43)CC2)cc1. The van der Waals surface area contributed by atoms with Crippen LogP contribution in [0.25, 0.3) is 0 Å². The van der Waals surface area contributed by atoms with Crippen molar-refractivity contribution in [1.29, 1.82) is 0 Å². The second kappa shape index (κ2) is 9.92. The molecular weight excluding hydrogens is 426 g/mol. The Labute approximate surface area is 190 Å². The third-order valence-corrected chi connectivity index (χ3v) is 8.32. The number of hydrogen-bond donors (Lipinski definition) is 1. The van der Waals surface area contributed by atoms with Gasteiger partial charge in [-0.05, 0) is 61.6 Å². The molecule has 7 nitrogen and oxygen atoms in total. The van der Waals surface area contributed by atoms with Crippen molar-refractivity contribution in [2.24, 2.45) is 5.92 Å². The van der Waals surface area contributed by atoms with Crippen molar-refractivity contribution >= 4 is 21.6 Å². The van der Waals surface area contributed by atoms with Crippen molar-refractivity contribution in [3.8, 4) is 5.75 Å². The second-order valence-electron chi connectivity index (χ2n) is 8.36. The Bertz CT molecular complexity index is 1030. The lowest BCUT2D eigenvalue weighted by Gasteiger charge is -2.30. The number of hydrogen-bond acceptors (Lipinski definition) is 5. The summed E-state index contributed by atoms with van der Waals surface area (Å²) in [7, 11) is -2.00. The molecule has 172 valence electrons. The van der Waals surface area contributed by atoms with E-state index in [2.05, 4.69) is 34.5 Å². The predicted octanol–water partition coefficient (Wildman–Crippen LogP) is 2.66. The van der Waals surface area contributed by atoms with Gasteiger partial charge in [0.1, 0.15) is 5.75 Å². The van der Waals surface area contributed by atoms with Crippen LogP contribution in [0.3, 0.4) is 0 Å². The van der Waals surface area contributed by atoms with E-state index in [1.54, 1.807) is 31.4 Å². The molecule has 2 aromatic rings. The maximum Gasteiger partial charge on any atom is 0.243 e. The van der Waals surface area contributed by atoms with Gasteiger partial charge in [-0.1, -0.05) is 18.2 Å². The number of carbonyl (C=O) groups excluding carboxylic acids is 1. The summed E-state index contributed by atoms with van der Waals surface area (Å²) in [5, 5.41) is 3.05. The van der Waals surface area contributed by atoms with E-state index in [0.29, 0.717) is 38.2 Å². The summed E-state index contributed by atoms with van der Waals surface area (Å²) in [6.45, 7) is 3.32. The number of sulfonamides is 1. The number of fused-ring (bicyclic) bond motifs is 1. The van der Waals surface area contributed by atoms with Gasteiger partial charge >= 0.3 is 0 Å². The van der Waals surface area contributed by atoms with Crippen LogP contribution in [0.2, 0.25) is 0 Å². The van der Waals surface area contributed by atoms with Crippen LogP contribution in [0.15, 0.2) is 53.4 Å². The molecule has 2 aliphatic rings. The second-order valence-corrected chi connectivity index (χ2v) is 10.3. The summed E-state index contributed by atoms with van der Waals surface area (Å²) < 4.78 is 32.3. The van der Waals surface area contributed by atoms with Gasteiger partial charge in [-0.2, -0.15) is 4.31 Å². The number of ether oxygens (including phenoxy) is 1. The number of nitrogens with zero attached hydrogens (tertiary/aromatic N) is 2. The monoisotopic (exact) mass is 457 g/mol. The van der Waals surface area contributed by atoms with Gasteiger partial charge in [-0.15, -0.1) is 0 Å². The molecule has 0 radical (unpaired) electrons. The molecule has 0 atom stereocenters. The normalized spacial score (nSPS) is 17.2. The summed E-state index contributed by atoms with van der Waals surface area (Å²) in [4.78, 5) is 15.2. The lowest BCUT2D eigenvalue weighted by molar-refractivity contribution is -0.126. The molecule has 0 unspecified atom stereocenters. The van der Waals surface area contributed by atoms with Crippen LogP contribution >= 0.6 is 0 Å². The Morgan fingerprint density at radius 1 is 1.06 bits per heavy atom. The summed E-state index contributed by atoms with van der Waals surface area (Å²) in [6, 6.07) is 14.9. The van der Waals surface area contributed by atoms with Gasteiger partial charge < -0.3 is 15.0 Å². The zero-order valence-electron chi connectivity index (χ0n) is 18.5. The molecule has 8 heteroatoms. The summed E-state index contributed by atoms with van der Waals surface area (Å²) >= 11 is 0. The van der Waals surface area contributed by atoms with E-state index in [4.69, 9.17) is 4.74 Å². The largest absolute Gasteiger partial charge is 0.497 e. The summed E-state index contributed by atoms with van der Waals surface area (Å²) in [5.41, 5.74) is 2.71. The molecule has 1 amide bonds. The minimum atomic E-state index is -3.55. The number of anilines is 1. The summed E-state index contributed by atoms with van der Waals surface area (Å²) in [5.74, 6) is 0.520. The molecule has 1 saturated heterocycles. The van der Waals surface area contributed by atoms with Gasteiger partial charge in [0.2, 0.25) is 15.9 Å². The number of benzene rings is 2.